The van der Waals surface area contributed by atoms with Gasteiger partial charge in [0.15, 0.2) is 0 Å². The zero-order chi connectivity index (χ0) is 27.6. The molecular formula is C25H32F3N6O3+. The maximum absolute atomic E-state index is 12.9. The first-order valence-electron chi connectivity index (χ1n) is 11.4. The second kappa shape index (κ2) is 13.4. The predicted octanol–water partition coefficient (Wildman–Crippen LogP) is 1.82. The van der Waals surface area contributed by atoms with Crippen LogP contribution in [0.1, 0.15) is 40.0 Å². The molecule has 0 bridgehead atoms. The maximum Gasteiger partial charge on any atom is 0.416 e. The molecule has 0 fully saturated rings. The van der Waals surface area contributed by atoms with Crippen LogP contribution in [0, 0.1) is 0 Å². The number of aryl methyl sites for hydroxylation is 1. The van der Waals surface area contributed by atoms with Crippen LogP contribution >= 0.6 is 0 Å². The number of alkyl halides is 3. The number of quaternary nitrogens is 1. The molecule has 0 saturated carbocycles. The SMILES string of the molecule is CCc1ccc(C(C=NC)NC(=O)/C([NH3+])=C/N(N)CCNC(=O)c2ccc(C(F)(F)F)cc2OC)cc1. The van der Waals surface area contributed by atoms with Crippen molar-refractivity contribution in [2.24, 2.45) is 10.8 Å². The Kier molecular flexibility index (Phi) is 10.6. The van der Waals surface area contributed by atoms with E-state index in [1.165, 1.54) is 23.9 Å². The number of hydrazine groups is 1. The molecule has 9 nitrogen and oxygen atoms in total. The Labute approximate surface area is 213 Å². The standard InChI is InChI=1S/C25H31F3N6O3/c1-4-16-5-7-17(8-6-16)21(14-31-2)33-24(36)20(29)15-34(30)12-11-32-23(35)19-10-9-18(25(26,27)28)13-22(19)37-3/h5-10,13-15,21H,4,11-12,29-30H2,1-3H3,(H,32,35)(H,33,36)/p+1/b20-15-,31-14?. The number of nitrogens with zero attached hydrogens (tertiary/aromatic N) is 2. The van der Waals surface area contributed by atoms with Crippen molar-refractivity contribution in [3.05, 3.63) is 76.6 Å². The molecule has 1 atom stereocenters. The summed E-state index contributed by atoms with van der Waals surface area (Å²) in [6.07, 6.45) is -0.733. The Hall–Kier alpha value is -3.90. The van der Waals surface area contributed by atoms with Crippen molar-refractivity contribution in [1.29, 1.82) is 0 Å². The lowest BCUT2D eigenvalue weighted by Gasteiger charge is -2.17. The van der Waals surface area contributed by atoms with Crippen LogP contribution in [0.4, 0.5) is 13.2 Å². The zero-order valence-electron chi connectivity index (χ0n) is 20.9. The highest BCUT2D eigenvalue weighted by Crippen LogP contribution is 2.33. The lowest BCUT2D eigenvalue weighted by atomic mass is 10.0. The summed E-state index contributed by atoms with van der Waals surface area (Å²) < 4.78 is 43.6. The van der Waals surface area contributed by atoms with Gasteiger partial charge in [-0.2, -0.15) is 13.2 Å². The Bertz CT molecular complexity index is 1130. The van der Waals surface area contributed by atoms with Crippen molar-refractivity contribution < 1.29 is 33.2 Å². The fourth-order valence-corrected chi connectivity index (χ4v) is 3.32. The van der Waals surface area contributed by atoms with Gasteiger partial charge >= 0.3 is 12.1 Å². The molecule has 200 valence electrons. The molecule has 0 heterocycles. The average Bonchev–Trinajstić information content (AvgIpc) is 2.87. The van der Waals surface area contributed by atoms with Crippen LogP contribution in [-0.4, -0.2) is 50.3 Å². The van der Waals surface area contributed by atoms with E-state index in [4.69, 9.17) is 10.6 Å². The third kappa shape index (κ3) is 8.62. The Morgan fingerprint density at radius 1 is 1.22 bits per heavy atom. The summed E-state index contributed by atoms with van der Waals surface area (Å²) in [4.78, 5) is 29.1. The van der Waals surface area contributed by atoms with Gasteiger partial charge in [-0.15, -0.1) is 0 Å². The average molecular weight is 522 g/mol. The molecule has 37 heavy (non-hydrogen) atoms. The van der Waals surface area contributed by atoms with Crippen molar-refractivity contribution in [2.75, 3.05) is 27.2 Å². The van der Waals surface area contributed by atoms with Crippen LogP contribution in [0.2, 0.25) is 0 Å². The summed E-state index contributed by atoms with van der Waals surface area (Å²) in [7, 11) is 2.79. The second-order valence-electron chi connectivity index (χ2n) is 8.01. The molecule has 7 N–H and O–H groups in total. The summed E-state index contributed by atoms with van der Waals surface area (Å²) in [5, 5.41) is 6.56. The molecule has 0 saturated heterocycles. The van der Waals surface area contributed by atoms with Crippen LogP contribution in [0.15, 0.2) is 59.4 Å². The minimum atomic E-state index is -4.56. The number of carbonyl (C=O) groups is 2. The molecule has 0 aliphatic carbocycles. The zero-order valence-corrected chi connectivity index (χ0v) is 20.9. The lowest BCUT2D eigenvalue weighted by molar-refractivity contribution is -0.300. The fourth-order valence-electron chi connectivity index (χ4n) is 3.32. The van der Waals surface area contributed by atoms with Crippen LogP contribution in [0.25, 0.3) is 0 Å². The number of nitrogens with one attached hydrogen (secondary N) is 2. The summed E-state index contributed by atoms with van der Waals surface area (Å²) in [5.41, 5.74) is 4.87. The number of nitrogens with two attached hydrogens (primary N) is 1. The Balaban J connectivity index is 1.95. The summed E-state index contributed by atoms with van der Waals surface area (Å²) in [6.45, 7) is 2.19. The first-order chi connectivity index (χ1) is 17.5. The number of rotatable bonds is 11. The normalized spacial score (nSPS) is 12.8. The van der Waals surface area contributed by atoms with Gasteiger partial charge in [-0.25, -0.2) is 5.84 Å². The fraction of sp³-hybridized carbons (Fsp3) is 0.320. The molecule has 0 aliphatic rings. The molecular weight excluding hydrogens is 489 g/mol. The second-order valence-corrected chi connectivity index (χ2v) is 8.01. The molecule has 0 spiro atoms. The molecule has 2 amide bonds. The van der Waals surface area contributed by atoms with Gasteiger partial charge in [0.05, 0.1) is 37.0 Å². The summed E-state index contributed by atoms with van der Waals surface area (Å²) >= 11 is 0. The number of amides is 2. The molecule has 2 rings (SSSR count). The van der Waals surface area contributed by atoms with E-state index in [-0.39, 0.29) is 30.1 Å². The highest BCUT2D eigenvalue weighted by molar-refractivity contribution is 5.97. The number of ether oxygens (including phenoxy) is 1. The van der Waals surface area contributed by atoms with Gasteiger partial charge in [0.25, 0.3) is 5.91 Å². The van der Waals surface area contributed by atoms with E-state index in [2.05, 4.69) is 28.3 Å². The van der Waals surface area contributed by atoms with Crippen LogP contribution in [-0.2, 0) is 17.4 Å². The molecule has 0 aromatic heterocycles. The third-order valence-electron chi connectivity index (χ3n) is 5.37. The summed E-state index contributed by atoms with van der Waals surface area (Å²) in [6, 6.07) is 9.94. The monoisotopic (exact) mass is 521 g/mol. The first-order valence-corrected chi connectivity index (χ1v) is 11.4. The molecule has 2 aromatic rings. The van der Waals surface area contributed by atoms with Crippen molar-refractivity contribution in [2.45, 2.75) is 25.6 Å². The van der Waals surface area contributed by atoms with E-state index < -0.39 is 29.6 Å². The van der Waals surface area contributed by atoms with E-state index in [9.17, 15) is 22.8 Å². The van der Waals surface area contributed by atoms with Gasteiger partial charge in [0, 0.05) is 19.8 Å². The molecule has 1 unspecified atom stereocenters. The summed E-state index contributed by atoms with van der Waals surface area (Å²) in [5.74, 6) is 4.60. The maximum atomic E-state index is 12.9. The van der Waals surface area contributed by atoms with Crippen LogP contribution in [0.5, 0.6) is 5.75 Å². The number of aliphatic imine (C=N–C) groups is 1. The van der Waals surface area contributed by atoms with Crippen LogP contribution in [0.3, 0.4) is 0 Å². The van der Waals surface area contributed by atoms with Gasteiger partial charge in [-0.3, -0.25) is 14.6 Å². The van der Waals surface area contributed by atoms with Crippen molar-refractivity contribution in [1.82, 2.24) is 15.6 Å². The topological polar surface area (TPSA) is 137 Å². The van der Waals surface area contributed by atoms with Crippen molar-refractivity contribution in [3.63, 3.8) is 0 Å². The smallest absolute Gasteiger partial charge is 0.416 e. The van der Waals surface area contributed by atoms with Gasteiger partial charge in [-0.1, -0.05) is 31.2 Å². The number of hydrogen-bond donors (Lipinski definition) is 4. The minimum absolute atomic E-state index is 0.0415. The highest BCUT2D eigenvalue weighted by Gasteiger charge is 2.31. The minimum Gasteiger partial charge on any atom is -0.496 e. The van der Waals surface area contributed by atoms with Gasteiger partial charge in [-0.05, 0) is 35.7 Å². The van der Waals surface area contributed by atoms with Gasteiger partial charge < -0.3 is 26.1 Å². The lowest BCUT2D eigenvalue weighted by Crippen LogP contribution is -2.56. The molecule has 12 heteroatoms. The first kappa shape index (κ1) is 29.3. The predicted molar refractivity (Wildman–Crippen MR) is 133 cm³/mol. The number of methoxy groups -OCH3 is 1. The largest absolute Gasteiger partial charge is 0.496 e. The number of hydrogen-bond acceptors (Lipinski definition) is 6. The molecule has 0 radical (unpaired) electrons. The Morgan fingerprint density at radius 3 is 2.46 bits per heavy atom. The van der Waals surface area contributed by atoms with E-state index >= 15 is 0 Å². The van der Waals surface area contributed by atoms with E-state index in [1.54, 1.807) is 13.3 Å². The van der Waals surface area contributed by atoms with Crippen molar-refractivity contribution >= 4 is 18.0 Å². The van der Waals surface area contributed by atoms with Crippen LogP contribution < -0.4 is 26.9 Å². The van der Waals surface area contributed by atoms with Gasteiger partial charge in [0.2, 0.25) is 5.70 Å². The molecule has 0 aliphatic heterocycles. The number of benzene rings is 2. The quantitative estimate of drug-likeness (QED) is 0.155. The number of carbonyl (C=O) groups excluding carboxylic acids is 2. The number of halogens is 3. The van der Waals surface area contributed by atoms with Gasteiger partial charge in [0.1, 0.15) is 5.75 Å². The highest BCUT2D eigenvalue weighted by atomic mass is 19.4. The van der Waals surface area contributed by atoms with E-state index in [0.29, 0.717) is 0 Å². The third-order valence-corrected chi connectivity index (χ3v) is 5.37. The van der Waals surface area contributed by atoms with E-state index in [0.717, 1.165) is 30.2 Å². The Morgan fingerprint density at radius 2 is 1.89 bits per heavy atom. The van der Waals surface area contributed by atoms with Crippen molar-refractivity contribution in [3.8, 4) is 5.75 Å². The molecule has 2 aromatic carbocycles. The van der Waals surface area contributed by atoms with E-state index in [1.807, 2.05) is 24.3 Å².